The number of carboxylic acids is 1. The van der Waals surface area contributed by atoms with E-state index in [4.69, 9.17) is 27.9 Å². The van der Waals surface area contributed by atoms with Crippen molar-refractivity contribution in [1.82, 2.24) is 0 Å². The molecule has 110 valence electrons. The number of nitrogens with zero attached hydrogens (tertiary/aromatic N) is 1. The van der Waals surface area contributed by atoms with Crippen molar-refractivity contribution in [2.45, 2.75) is 5.72 Å². The molecule has 0 N–H and O–H groups in total. The standard InChI is InChI=1S/C13H9Cl2NO5/c14-8-4-5-11(10(15)7-8)21-13(16(19)20)6-2-1-3-9(13)12(17)18/h1-7,9H,(H,17,18)/p-1. The average molecular weight is 329 g/mol. The van der Waals surface area contributed by atoms with Gasteiger partial charge in [0.05, 0.1) is 15.9 Å². The first-order valence-electron chi connectivity index (χ1n) is 5.72. The molecule has 8 heteroatoms. The Morgan fingerprint density at radius 3 is 2.62 bits per heavy atom. The predicted molar refractivity (Wildman–Crippen MR) is 73.6 cm³/mol. The second kappa shape index (κ2) is 5.75. The van der Waals surface area contributed by atoms with Gasteiger partial charge in [-0.1, -0.05) is 41.4 Å². The second-order valence-corrected chi connectivity index (χ2v) is 5.07. The van der Waals surface area contributed by atoms with Gasteiger partial charge in [0.2, 0.25) is 0 Å². The minimum Gasteiger partial charge on any atom is -0.549 e. The van der Waals surface area contributed by atoms with Crippen LogP contribution in [0.4, 0.5) is 0 Å². The smallest absolute Gasteiger partial charge is 0.394 e. The number of nitro groups is 1. The van der Waals surface area contributed by atoms with Crippen molar-refractivity contribution < 1.29 is 19.6 Å². The predicted octanol–water partition coefficient (Wildman–Crippen LogP) is 1.84. The van der Waals surface area contributed by atoms with Crippen LogP contribution in [-0.2, 0) is 4.79 Å². The number of carbonyl (C=O) groups is 1. The monoisotopic (exact) mass is 328 g/mol. The quantitative estimate of drug-likeness (QED) is 0.477. The van der Waals surface area contributed by atoms with Gasteiger partial charge < -0.3 is 14.6 Å². The minimum absolute atomic E-state index is 0.0313. The van der Waals surface area contributed by atoms with Crippen molar-refractivity contribution in [2.75, 3.05) is 0 Å². The van der Waals surface area contributed by atoms with Crippen molar-refractivity contribution in [3.63, 3.8) is 0 Å². The third kappa shape index (κ3) is 2.86. The summed E-state index contributed by atoms with van der Waals surface area (Å²) in [5.74, 6) is -3.27. The van der Waals surface area contributed by atoms with Gasteiger partial charge in [0.15, 0.2) is 0 Å². The van der Waals surface area contributed by atoms with Gasteiger partial charge in [-0.05, 0) is 18.2 Å². The van der Waals surface area contributed by atoms with Crippen LogP contribution in [-0.4, -0.2) is 16.6 Å². The van der Waals surface area contributed by atoms with Gasteiger partial charge in [-0.2, -0.15) is 0 Å². The summed E-state index contributed by atoms with van der Waals surface area (Å²) in [6, 6.07) is 4.09. The number of carboxylic acid groups (broad SMARTS) is 1. The van der Waals surface area contributed by atoms with Crippen LogP contribution in [0.25, 0.3) is 0 Å². The number of carbonyl (C=O) groups excluding carboxylic acids is 1. The molecule has 1 aliphatic rings. The van der Waals surface area contributed by atoms with Gasteiger partial charge in [0, 0.05) is 11.1 Å². The first kappa shape index (κ1) is 15.3. The van der Waals surface area contributed by atoms with E-state index < -0.39 is 22.5 Å². The Bertz CT molecular complexity index is 658. The lowest BCUT2D eigenvalue weighted by Crippen LogP contribution is -2.55. The summed E-state index contributed by atoms with van der Waals surface area (Å²) in [5, 5.41) is 22.9. The molecule has 0 spiro atoms. The Kier molecular flexibility index (Phi) is 4.20. The maximum absolute atomic E-state index is 11.4. The van der Waals surface area contributed by atoms with Crippen LogP contribution in [0.5, 0.6) is 5.75 Å². The second-order valence-electron chi connectivity index (χ2n) is 4.23. The first-order chi connectivity index (χ1) is 9.86. The largest absolute Gasteiger partial charge is 0.549 e. The van der Waals surface area contributed by atoms with E-state index >= 15 is 0 Å². The Morgan fingerprint density at radius 1 is 1.33 bits per heavy atom. The van der Waals surface area contributed by atoms with Gasteiger partial charge in [0.25, 0.3) is 0 Å². The lowest BCUT2D eigenvalue weighted by molar-refractivity contribution is -0.607. The van der Waals surface area contributed by atoms with Crippen LogP contribution in [0.2, 0.25) is 10.0 Å². The molecule has 0 aromatic heterocycles. The van der Waals surface area contributed by atoms with Gasteiger partial charge >= 0.3 is 5.72 Å². The molecule has 6 nitrogen and oxygen atoms in total. The molecule has 1 aromatic rings. The molecule has 0 saturated heterocycles. The molecule has 21 heavy (non-hydrogen) atoms. The molecule has 0 amide bonds. The summed E-state index contributed by atoms with van der Waals surface area (Å²) in [6.45, 7) is 0. The van der Waals surface area contributed by atoms with Gasteiger partial charge in [-0.3, -0.25) is 10.1 Å². The fraction of sp³-hybridized carbons (Fsp3) is 0.154. The van der Waals surface area contributed by atoms with Crippen LogP contribution >= 0.6 is 23.2 Å². The Balaban J connectivity index is 2.48. The maximum Gasteiger partial charge on any atom is 0.394 e. The highest BCUT2D eigenvalue weighted by atomic mass is 35.5. The molecule has 2 rings (SSSR count). The molecular weight excluding hydrogens is 321 g/mol. The molecule has 2 unspecified atom stereocenters. The SMILES string of the molecule is O=C([O-])C1C=CC=CC1(Oc1ccc(Cl)cc1Cl)[N+](=O)[O-]. The molecule has 0 bridgehead atoms. The Morgan fingerprint density at radius 2 is 2.05 bits per heavy atom. The van der Waals surface area contributed by atoms with E-state index in [1.165, 1.54) is 30.4 Å². The zero-order valence-corrected chi connectivity index (χ0v) is 11.9. The van der Waals surface area contributed by atoms with Crippen molar-refractivity contribution in [2.24, 2.45) is 5.92 Å². The molecule has 1 aromatic carbocycles. The van der Waals surface area contributed by atoms with Crippen LogP contribution in [0.15, 0.2) is 42.5 Å². The van der Waals surface area contributed by atoms with Crippen LogP contribution in [0, 0.1) is 16.0 Å². The fourth-order valence-corrected chi connectivity index (χ4v) is 2.35. The van der Waals surface area contributed by atoms with E-state index in [9.17, 15) is 20.0 Å². The van der Waals surface area contributed by atoms with Gasteiger partial charge in [-0.25, -0.2) is 0 Å². The van der Waals surface area contributed by atoms with E-state index in [0.717, 1.165) is 12.2 Å². The Labute approximate surface area is 129 Å². The van der Waals surface area contributed by atoms with E-state index in [-0.39, 0.29) is 10.8 Å². The number of rotatable bonds is 4. The summed E-state index contributed by atoms with van der Waals surface area (Å²) in [5.41, 5.74) is -2.33. The van der Waals surface area contributed by atoms with Crippen LogP contribution in [0.3, 0.4) is 0 Å². The van der Waals surface area contributed by atoms with E-state index in [2.05, 4.69) is 0 Å². The lowest BCUT2D eigenvalue weighted by atomic mass is 9.91. The minimum atomic E-state index is -2.33. The highest BCUT2D eigenvalue weighted by Crippen LogP contribution is 2.35. The van der Waals surface area contributed by atoms with Crippen molar-refractivity contribution >= 4 is 29.2 Å². The molecule has 1 aliphatic carbocycles. The summed E-state index contributed by atoms with van der Waals surface area (Å²) in [4.78, 5) is 21.7. The van der Waals surface area contributed by atoms with Crippen LogP contribution in [0.1, 0.15) is 0 Å². The number of halogens is 2. The third-order valence-electron chi connectivity index (χ3n) is 2.90. The number of hydrogen-bond acceptors (Lipinski definition) is 5. The van der Waals surface area contributed by atoms with Crippen molar-refractivity contribution in [1.29, 1.82) is 0 Å². The summed E-state index contributed by atoms with van der Waals surface area (Å²) in [6.07, 6.45) is 4.86. The Hall–Kier alpha value is -2.05. The lowest BCUT2D eigenvalue weighted by Gasteiger charge is -2.31. The van der Waals surface area contributed by atoms with E-state index in [1.807, 2.05) is 0 Å². The first-order valence-corrected chi connectivity index (χ1v) is 6.48. The van der Waals surface area contributed by atoms with Gasteiger partial charge in [-0.15, -0.1) is 0 Å². The number of hydrogen-bond donors (Lipinski definition) is 0. The molecule has 0 radical (unpaired) electrons. The number of aliphatic carboxylic acids is 1. The topological polar surface area (TPSA) is 92.5 Å². The van der Waals surface area contributed by atoms with Gasteiger partial charge in [0.1, 0.15) is 11.7 Å². The summed E-state index contributed by atoms with van der Waals surface area (Å²) in [7, 11) is 0. The number of allylic oxidation sites excluding steroid dienone is 2. The fourth-order valence-electron chi connectivity index (χ4n) is 1.90. The molecule has 0 fully saturated rings. The highest BCUT2D eigenvalue weighted by molar-refractivity contribution is 6.35. The zero-order chi connectivity index (χ0) is 15.6. The molecule has 0 saturated carbocycles. The van der Waals surface area contributed by atoms with E-state index in [1.54, 1.807) is 0 Å². The summed E-state index contributed by atoms with van der Waals surface area (Å²) < 4.78 is 5.32. The zero-order valence-electron chi connectivity index (χ0n) is 10.4. The highest BCUT2D eigenvalue weighted by Gasteiger charge is 2.52. The third-order valence-corrected chi connectivity index (χ3v) is 3.43. The average Bonchev–Trinajstić information content (AvgIpc) is 2.42. The molecule has 0 heterocycles. The molecule has 2 atom stereocenters. The maximum atomic E-state index is 11.4. The summed E-state index contributed by atoms with van der Waals surface area (Å²) >= 11 is 11.6. The number of benzene rings is 1. The van der Waals surface area contributed by atoms with Crippen molar-refractivity contribution in [3.8, 4) is 5.75 Å². The normalized spacial score (nSPS) is 23.8. The number of ether oxygens (including phenoxy) is 1. The van der Waals surface area contributed by atoms with E-state index in [0.29, 0.717) is 5.02 Å². The van der Waals surface area contributed by atoms with Crippen LogP contribution < -0.4 is 9.84 Å². The molecular formula is C13H8Cl2NO5-. The van der Waals surface area contributed by atoms with Crippen molar-refractivity contribution in [3.05, 3.63) is 62.7 Å². The molecule has 0 aliphatic heterocycles.